The summed E-state index contributed by atoms with van der Waals surface area (Å²) >= 11 is 0. The molecule has 0 radical (unpaired) electrons. The van der Waals surface area contributed by atoms with Gasteiger partial charge in [0.25, 0.3) is 5.91 Å². The predicted molar refractivity (Wildman–Crippen MR) is 135 cm³/mol. The number of carbonyl (C=O) groups excluding carboxylic acids is 1. The number of aryl methyl sites for hydroxylation is 1. The number of halogens is 1. The van der Waals surface area contributed by atoms with Crippen molar-refractivity contribution in [2.75, 3.05) is 19.4 Å². The Hall–Kier alpha value is -3.72. The molecule has 1 aliphatic rings. The van der Waals surface area contributed by atoms with Crippen LogP contribution in [0.3, 0.4) is 0 Å². The van der Waals surface area contributed by atoms with Gasteiger partial charge in [-0.3, -0.25) is 4.79 Å². The summed E-state index contributed by atoms with van der Waals surface area (Å²) in [7, 11) is -3.74. The number of nitrogens with one attached hydrogen (secondary N) is 1. The van der Waals surface area contributed by atoms with E-state index in [1.165, 1.54) is 13.0 Å². The molecule has 9 heteroatoms. The molecule has 7 nitrogen and oxygen atoms in total. The first-order chi connectivity index (χ1) is 17.2. The molecule has 1 N–H and O–H groups in total. The van der Waals surface area contributed by atoms with Gasteiger partial charge in [-0.15, -0.1) is 0 Å². The molecule has 5 rings (SSSR count). The van der Waals surface area contributed by atoms with Crippen LogP contribution in [0.2, 0.25) is 0 Å². The topological polar surface area (TPSA) is 92.4 Å². The minimum atomic E-state index is -3.74. The highest BCUT2D eigenvalue weighted by molar-refractivity contribution is 7.90. The Kier molecular flexibility index (Phi) is 6.04. The number of aromatic nitrogens is 2. The molecule has 1 aliphatic heterocycles. The molecule has 0 unspecified atom stereocenters. The van der Waals surface area contributed by atoms with Gasteiger partial charge in [0.15, 0.2) is 9.84 Å². The lowest BCUT2D eigenvalue weighted by Gasteiger charge is -2.21. The van der Waals surface area contributed by atoms with Gasteiger partial charge >= 0.3 is 0 Å². The third-order valence-electron chi connectivity index (χ3n) is 6.51. The summed E-state index contributed by atoms with van der Waals surface area (Å²) in [5.74, 6) is 0.361. The van der Waals surface area contributed by atoms with Crippen LogP contribution in [-0.4, -0.2) is 48.6 Å². The Morgan fingerprint density at radius 2 is 1.89 bits per heavy atom. The third kappa shape index (κ3) is 4.35. The molecule has 1 aromatic heterocycles. The lowest BCUT2D eigenvalue weighted by molar-refractivity contribution is 0.0731. The van der Waals surface area contributed by atoms with E-state index in [1.54, 1.807) is 4.90 Å². The summed E-state index contributed by atoms with van der Waals surface area (Å²) in [6.45, 7) is 4.36. The van der Waals surface area contributed by atoms with Gasteiger partial charge in [0.05, 0.1) is 17.6 Å². The molecule has 4 aromatic rings. The highest BCUT2D eigenvalue weighted by Gasteiger charge is 2.26. The summed E-state index contributed by atoms with van der Waals surface area (Å²) < 4.78 is 44.4. The van der Waals surface area contributed by atoms with Crippen molar-refractivity contribution in [3.05, 3.63) is 76.9 Å². The number of fused-ring (bicyclic) bond motifs is 2. The second-order valence-electron chi connectivity index (χ2n) is 8.99. The second kappa shape index (κ2) is 9.05. The minimum Gasteiger partial charge on any atom is -0.491 e. The van der Waals surface area contributed by atoms with E-state index in [1.807, 2.05) is 37.3 Å². The van der Waals surface area contributed by atoms with Crippen LogP contribution in [0.1, 0.15) is 34.2 Å². The molecule has 0 saturated carbocycles. The average molecular weight is 508 g/mol. The Morgan fingerprint density at radius 1 is 1.14 bits per heavy atom. The molecule has 186 valence electrons. The molecule has 2 heterocycles. The van der Waals surface area contributed by atoms with Crippen LogP contribution < -0.4 is 4.74 Å². The number of nitrogens with zero attached hydrogens (tertiary/aromatic N) is 2. The van der Waals surface area contributed by atoms with Crippen molar-refractivity contribution in [3.8, 4) is 16.9 Å². The average Bonchev–Trinajstić information content (AvgIpc) is 3.15. The molecule has 0 bridgehead atoms. The summed E-state index contributed by atoms with van der Waals surface area (Å²) in [5.41, 5.74) is 4.84. The van der Waals surface area contributed by atoms with Crippen LogP contribution >= 0.6 is 0 Å². The largest absolute Gasteiger partial charge is 0.491 e. The van der Waals surface area contributed by atoms with E-state index in [0.717, 1.165) is 52.3 Å². The van der Waals surface area contributed by atoms with Crippen LogP contribution in [-0.2, 0) is 22.8 Å². The number of rotatable bonds is 4. The summed E-state index contributed by atoms with van der Waals surface area (Å²) in [6.07, 6.45) is 1.77. The van der Waals surface area contributed by atoms with Crippen LogP contribution in [0.5, 0.6) is 5.75 Å². The second-order valence-corrected chi connectivity index (χ2v) is 11.0. The molecule has 0 fully saturated rings. The lowest BCUT2D eigenvalue weighted by atomic mass is 10.0. The highest BCUT2D eigenvalue weighted by atomic mass is 32.2. The van der Waals surface area contributed by atoms with E-state index in [0.29, 0.717) is 18.9 Å². The zero-order valence-electron chi connectivity index (χ0n) is 20.3. The number of ether oxygens (including phenoxy) is 1. The standard InChI is InChI=1S/C27H26FN3O4S/c1-4-25-29-21-8-5-18(14-22(21)30-25)17-6-9-23-19(13-17)15-31(11-12-35-23)27(32)20-7-10-24(36(3,33)34)26(28)16(20)2/h5-10,13-14H,4,11-12,15H2,1-3H3,(H,29,30). The third-order valence-corrected chi connectivity index (χ3v) is 7.62. The SMILES string of the molecule is CCc1nc2ccc(-c3ccc4c(c3)CN(C(=O)c3ccc(S(C)(=O)=O)c(F)c3C)CCO4)cc2[nH]1. The van der Waals surface area contributed by atoms with Crippen molar-refractivity contribution in [2.24, 2.45) is 0 Å². The maximum Gasteiger partial charge on any atom is 0.254 e. The quantitative estimate of drug-likeness (QED) is 0.433. The molecule has 1 amide bonds. The van der Waals surface area contributed by atoms with E-state index in [9.17, 15) is 17.6 Å². The van der Waals surface area contributed by atoms with Crippen molar-refractivity contribution in [1.29, 1.82) is 0 Å². The molecular weight excluding hydrogens is 481 g/mol. The van der Waals surface area contributed by atoms with E-state index in [2.05, 4.69) is 16.0 Å². The molecule has 3 aromatic carbocycles. The monoisotopic (exact) mass is 507 g/mol. The van der Waals surface area contributed by atoms with Gasteiger partial charge in [-0.25, -0.2) is 17.8 Å². The molecule has 0 spiro atoms. The first-order valence-corrected chi connectivity index (χ1v) is 13.6. The maximum absolute atomic E-state index is 14.8. The first-order valence-electron chi connectivity index (χ1n) is 11.7. The number of carbonyl (C=O) groups is 1. The summed E-state index contributed by atoms with van der Waals surface area (Å²) in [5, 5.41) is 0. The smallest absolute Gasteiger partial charge is 0.254 e. The molecule has 36 heavy (non-hydrogen) atoms. The van der Waals surface area contributed by atoms with Crippen LogP contribution in [0, 0.1) is 12.7 Å². The summed E-state index contributed by atoms with van der Waals surface area (Å²) in [6, 6.07) is 14.5. The number of hydrogen-bond acceptors (Lipinski definition) is 5. The number of hydrogen-bond donors (Lipinski definition) is 1. The van der Waals surface area contributed by atoms with E-state index >= 15 is 0 Å². The van der Waals surface area contributed by atoms with E-state index in [-0.39, 0.29) is 23.6 Å². The maximum atomic E-state index is 14.8. The lowest BCUT2D eigenvalue weighted by Crippen LogP contribution is -2.33. The van der Waals surface area contributed by atoms with Crippen molar-refractivity contribution in [3.63, 3.8) is 0 Å². The Bertz CT molecular complexity index is 1610. The number of amides is 1. The van der Waals surface area contributed by atoms with Crippen LogP contribution in [0.15, 0.2) is 53.4 Å². The van der Waals surface area contributed by atoms with Gasteiger partial charge < -0.3 is 14.6 Å². The number of benzene rings is 3. The summed E-state index contributed by atoms with van der Waals surface area (Å²) in [4.78, 5) is 22.5. The zero-order valence-corrected chi connectivity index (χ0v) is 21.1. The van der Waals surface area contributed by atoms with Crippen molar-refractivity contribution < 1.29 is 22.3 Å². The number of sulfone groups is 1. The fourth-order valence-electron chi connectivity index (χ4n) is 4.51. The number of imidazole rings is 1. The minimum absolute atomic E-state index is 0.0152. The molecule has 0 aliphatic carbocycles. The van der Waals surface area contributed by atoms with Gasteiger partial charge in [-0.05, 0) is 60.0 Å². The van der Waals surface area contributed by atoms with Crippen molar-refractivity contribution in [1.82, 2.24) is 14.9 Å². The fourth-order valence-corrected chi connectivity index (χ4v) is 5.30. The highest BCUT2D eigenvalue weighted by Crippen LogP contribution is 2.31. The van der Waals surface area contributed by atoms with Gasteiger partial charge in [-0.2, -0.15) is 0 Å². The number of H-pyrrole nitrogens is 1. The Morgan fingerprint density at radius 3 is 2.64 bits per heavy atom. The Balaban J connectivity index is 1.46. The van der Waals surface area contributed by atoms with E-state index in [4.69, 9.17) is 4.74 Å². The predicted octanol–water partition coefficient (Wildman–Crippen LogP) is 4.68. The van der Waals surface area contributed by atoms with Crippen LogP contribution in [0.25, 0.3) is 22.2 Å². The Labute approximate surface area is 208 Å². The molecule has 0 saturated heterocycles. The van der Waals surface area contributed by atoms with Crippen LogP contribution in [0.4, 0.5) is 4.39 Å². The van der Waals surface area contributed by atoms with Crippen molar-refractivity contribution >= 4 is 26.8 Å². The zero-order chi connectivity index (χ0) is 25.6. The number of aromatic amines is 1. The van der Waals surface area contributed by atoms with Crippen molar-refractivity contribution in [2.45, 2.75) is 31.7 Å². The van der Waals surface area contributed by atoms with Gasteiger partial charge in [0.2, 0.25) is 0 Å². The molecular formula is C27H26FN3O4S. The fraction of sp³-hybridized carbons (Fsp3) is 0.259. The normalized spacial score (nSPS) is 13.8. The van der Waals surface area contributed by atoms with Gasteiger partial charge in [0, 0.05) is 30.3 Å². The molecule has 0 atom stereocenters. The first kappa shape index (κ1) is 24.0. The van der Waals surface area contributed by atoms with Gasteiger partial charge in [0.1, 0.15) is 28.9 Å². The van der Waals surface area contributed by atoms with Gasteiger partial charge in [-0.1, -0.05) is 19.1 Å². The van der Waals surface area contributed by atoms with E-state index < -0.39 is 20.5 Å².